The first-order chi connectivity index (χ1) is 27.5. The molecule has 0 aliphatic heterocycles. The van der Waals surface area contributed by atoms with Crippen LogP contribution in [0.2, 0.25) is 0 Å². The van der Waals surface area contributed by atoms with E-state index < -0.39 is 18.2 Å². The van der Waals surface area contributed by atoms with Gasteiger partial charge in [0, 0.05) is 6.42 Å². The van der Waals surface area contributed by atoms with Gasteiger partial charge < -0.3 is 20.3 Å². The topological polar surface area (TPSA) is 95.9 Å². The first-order valence-corrected chi connectivity index (χ1v) is 24.2. The molecule has 0 radical (unpaired) electrons. The number of amides is 1. The largest absolute Gasteiger partial charge is 0.462 e. The van der Waals surface area contributed by atoms with E-state index in [-0.39, 0.29) is 24.9 Å². The highest BCUT2D eigenvalue weighted by Crippen LogP contribution is 2.18. The standard InChI is InChI=1S/C50H93NO5/c1-4-7-10-13-16-19-22-24-27-29-32-35-38-41-46(56-50(55)43-40-37-34-31-26-21-18-15-12-9-6-3)44-49(54)51-47(45-52)48(53)42-39-36-33-30-28-25-23-20-17-14-11-8-5-2/h7,10,13,16,19,22,46-48,52-53H,4-6,8-9,11-12,14-15,17-18,20-21,23-45H2,1-3H3,(H,51,54)/b10-7+,16-13+,22-19+. The van der Waals surface area contributed by atoms with Crippen LogP contribution in [0.4, 0.5) is 0 Å². The van der Waals surface area contributed by atoms with Crippen LogP contribution in [0.25, 0.3) is 0 Å². The van der Waals surface area contributed by atoms with E-state index >= 15 is 0 Å². The molecule has 0 spiro atoms. The molecule has 3 atom stereocenters. The molecule has 1 amide bonds. The Balaban J connectivity index is 4.59. The monoisotopic (exact) mass is 788 g/mol. The zero-order valence-corrected chi connectivity index (χ0v) is 37.3. The number of aliphatic hydroxyl groups is 2. The molecule has 0 bridgehead atoms. The van der Waals surface area contributed by atoms with Gasteiger partial charge in [0.1, 0.15) is 6.10 Å². The fourth-order valence-corrected chi connectivity index (χ4v) is 7.37. The van der Waals surface area contributed by atoms with E-state index in [2.05, 4.69) is 62.5 Å². The average molecular weight is 788 g/mol. The molecule has 6 nitrogen and oxygen atoms in total. The van der Waals surface area contributed by atoms with Crippen molar-refractivity contribution in [2.75, 3.05) is 6.61 Å². The van der Waals surface area contributed by atoms with Gasteiger partial charge >= 0.3 is 5.97 Å². The summed E-state index contributed by atoms with van der Waals surface area (Å²) in [5.74, 6) is -0.488. The third-order valence-corrected chi connectivity index (χ3v) is 11.0. The lowest BCUT2D eigenvalue weighted by molar-refractivity contribution is -0.151. The zero-order valence-electron chi connectivity index (χ0n) is 37.3. The van der Waals surface area contributed by atoms with Crippen molar-refractivity contribution in [3.05, 3.63) is 36.5 Å². The molecular weight excluding hydrogens is 695 g/mol. The molecule has 3 unspecified atom stereocenters. The van der Waals surface area contributed by atoms with E-state index in [1.807, 2.05) is 0 Å². The quantitative estimate of drug-likeness (QED) is 0.0325. The lowest BCUT2D eigenvalue weighted by atomic mass is 10.0. The third kappa shape index (κ3) is 38.9. The number of carbonyl (C=O) groups is 2. The molecule has 0 rings (SSSR count). The molecule has 56 heavy (non-hydrogen) atoms. The van der Waals surface area contributed by atoms with Crippen molar-refractivity contribution in [3.8, 4) is 0 Å². The highest BCUT2D eigenvalue weighted by molar-refractivity contribution is 5.77. The molecule has 0 heterocycles. The average Bonchev–Trinajstić information content (AvgIpc) is 3.19. The lowest BCUT2D eigenvalue weighted by Crippen LogP contribution is -2.46. The Hall–Kier alpha value is -1.92. The Morgan fingerprint density at radius 3 is 1.45 bits per heavy atom. The molecule has 0 aliphatic carbocycles. The minimum Gasteiger partial charge on any atom is -0.462 e. The first-order valence-electron chi connectivity index (χ1n) is 24.2. The van der Waals surface area contributed by atoms with Gasteiger partial charge in [-0.05, 0) is 44.9 Å². The molecule has 3 N–H and O–H groups in total. The van der Waals surface area contributed by atoms with Crippen molar-refractivity contribution < 1.29 is 24.5 Å². The van der Waals surface area contributed by atoms with Crippen molar-refractivity contribution in [2.45, 2.75) is 264 Å². The lowest BCUT2D eigenvalue weighted by Gasteiger charge is -2.24. The molecule has 0 saturated carbocycles. The van der Waals surface area contributed by atoms with Crippen LogP contribution in [0.5, 0.6) is 0 Å². The van der Waals surface area contributed by atoms with Gasteiger partial charge in [0.2, 0.25) is 5.91 Å². The molecule has 0 aromatic heterocycles. The molecule has 328 valence electrons. The fourth-order valence-electron chi connectivity index (χ4n) is 7.37. The van der Waals surface area contributed by atoms with Crippen molar-refractivity contribution in [3.63, 3.8) is 0 Å². The van der Waals surface area contributed by atoms with E-state index in [1.54, 1.807) is 0 Å². The number of unbranched alkanes of at least 4 members (excludes halogenated alkanes) is 27. The zero-order chi connectivity index (χ0) is 41.0. The SMILES string of the molecule is CC/C=C/C=C/C=C/CCCCCCCC(CC(=O)NC(CO)C(O)CCCCCCCCCCCCCCC)OC(=O)CCCCCCCCCCCCC. The highest BCUT2D eigenvalue weighted by Gasteiger charge is 2.24. The van der Waals surface area contributed by atoms with Crippen LogP contribution in [0.1, 0.15) is 245 Å². The summed E-state index contributed by atoms with van der Waals surface area (Å²) >= 11 is 0. The van der Waals surface area contributed by atoms with Gasteiger partial charge in [0.05, 0.1) is 25.2 Å². The molecular formula is C50H93NO5. The van der Waals surface area contributed by atoms with E-state index in [9.17, 15) is 19.8 Å². The van der Waals surface area contributed by atoms with Gasteiger partial charge in [0.15, 0.2) is 0 Å². The van der Waals surface area contributed by atoms with Crippen LogP contribution in [-0.2, 0) is 14.3 Å². The van der Waals surface area contributed by atoms with Crippen LogP contribution in [-0.4, -0.2) is 46.9 Å². The van der Waals surface area contributed by atoms with Crippen LogP contribution in [0, 0.1) is 0 Å². The molecule has 0 saturated heterocycles. The summed E-state index contributed by atoms with van der Waals surface area (Å²) in [6.45, 7) is 6.34. The normalized spacial score (nSPS) is 13.6. The summed E-state index contributed by atoms with van der Waals surface area (Å²) in [5.41, 5.74) is 0. The Kier molecular flexibility index (Phi) is 42.7. The number of ether oxygens (including phenoxy) is 1. The minimum atomic E-state index is -0.789. The van der Waals surface area contributed by atoms with Crippen LogP contribution in [0.3, 0.4) is 0 Å². The fraction of sp³-hybridized carbons (Fsp3) is 0.840. The number of carbonyl (C=O) groups excluding carboxylic acids is 2. The molecule has 0 aromatic rings. The van der Waals surface area contributed by atoms with Crippen LogP contribution < -0.4 is 5.32 Å². The number of aliphatic hydroxyl groups excluding tert-OH is 2. The van der Waals surface area contributed by atoms with Gasteiger partial charge in [-0.2, -0.15) is 0 Å². The Morgan fingerprint density at radius 1 is 0.536 bits per heavy atom. The highest BCUT2D eigenvalue weighted by atomic mass is 16.5. The number of hydrogen-bond acceptors (Lipinski definition) is 5. The Labute approximate surface area is 347 Å². The van der Waals surface area contributed by atoms with Crippen LogP contribution >= 0.6 is 0 Å². The van der Waals surface area contributed by atoms with Crippen molar-refractivity contribution in [1.82, 2.24) is 5.32 Å². The smallest absolute Gasteiger partial charge is 0.306 e. The second kappa shape index (κ2) is 44.2. The summed E-state index contributed by atoms with van der Waals surface area (Å²) in [5, 5.41) is 23.7. The van der Waals surface area contributed by atoms with Crippen molar-refractivity contribution in [1.29, 1.82) is 0 Å². The number of nitrogens with one attached hydrogen (secondary N) is 1. The summed E-state index contributed by atoms with van der Waals surface area (Å²) in [4.78, 5) is 26.0. The maximum absolute atomic E-state index is 13.2. The summed E-state index contributed by atoms with van der Waals surface area (Å²) in [7, 11) is 0. The van der Waals surface area contributed by atoms with Gasteiger partial charge in [-0.15, -0.1) is 0 Å². The third-order valence-electron chi connectivity index (χ3n) is 11.0. The van der Waals surface area contributed by atoms with E-state index in [0.29, 0.717) is 19.3 Å². The maximum Gasteiger partial charge on any atom is 0.306 e. The Bertz CT molecular complexity index is 930. The van der Waals surface area contributed by atoms with Crippen molar-refractivity contribution >= 4 is 11.9 Å². The number of rotatable bonds is 43. The predicted molar refractivity (Wildman–Crippen MR) is 241 cm³/mol. The van der Waals surface area contributed by atoms with Gasteiger partial charge in [0.25, 0.3) is 0 Å². The van der Waals surface area contributed by atoms with Crippen LogP contribution in [0.15, 0.2) is 36.5 Å². The van der Waals surface area contributed by atoms with Crippen molar-refractivity contribution in [2.24, 2.45) is 0 Å². The van der Waals surface area contributed by atoms with Gasteiger partial charge in [-0.25, -0.2) is 0 Å². The number of allylic oxidation sites excluding steroid dienone is 6. The van der Waals surface area contributed by atoms with E-state index in [4.69, 9.17) is 4.74 Å². The molecule has 0 fully saturated rings. The molecule has 0 aliphatic rings. The number of esters is 1. The van der Waals surface area contributed by atoms with Gasteiger partial charge in [-0.1, -0.05) is 224 Å². The second-order valence-electron chi connectivity index (χ2n) is 16.6. The summed E-state index contributed by atoms with van der Waals surface area (Å²) in [6.07, 6.45) is 50.6. The predicted octanol–water partition coefficient (Wildman–Crippen LogP) is 14.1. The van der Waals surface area contributed by atoms with E-state index in [0.717, 1.165) is 83.5 Å². The minimum absolute atomic E-state index is 0.0672. The number of hydrogen-bond donors (Lipinski definition) is 3. The molecule has 6 heteroatoms. The summed E-state index contributed by atoms with van der Waals surface area (Å²) < 4.78 is 5.90. The van der Waals surface area contributed by atoms with Gasteiger partial charge in [-0.3, -0.25) is 9.59 Å². The summed E-state index contributed by atoms with van der Waals surface area (Å²) in [6, 6.07) is -0.704. The van der Waals surface area contributed by atoms with E-state index in [1.165, 1.54) is 116 Å². The second-order valence-corrected chi connectivity index (χ2v) is 16.6. The Morgan fingerprint density at radius 2 is 0.964 bits per heavy atom. The molecule has 0 aromatic carbocycles. The first kappa shape index (κ1) is 54.1. The maximum atomic E-state index is 13.2.